The Balaban J connectivity index is 1.65. The standard InChI is InChI=1S/C14H26N2/c1-14(2)8-10(14)9-16-12-4-3-5-13(16)7-11(15)6-12/h10-13H,3-9,15H2,1-2H3. The van der Waals surface area contributed by atoms with Crippen molar-refractivity contribution in [2.75, 3.05) is 6.54 Å². The van der Waals surface area contributed by atoms with Gasteiger partial charge in [0.05, 0.1) is 0 Å². The first kappa shape index (κ1) is 11.0. The molecule has 2 heteroatoms. The van der Waals surface area contributed by atoms with Gasteiger partial charge in [0.15, 0.2) is 0 Å². The molecule has 2 aliphatic heterocycles. The van der Waals surface area contributed by atoms with Gasteiger partial charge < -0.3 is 5.73 Å². The average molecular weight is 222 g/mol. The van der Waals surface area contributed by atoms with Crippen LogP contribution in [-0.2, 0) is 0 Å². The minimum absolute atomic E-state index is 0.485. The Hall–Kier alpha value is -0.0800. The zero-order valence-corrected chi connectivity index (χ0v) is 10.8. The molecule has 2 heterocycles. The van der Waals surface area contributed by atoms with Gasteiger partial charge in [-0.05, 0) is 43.4 Å². The third kappa shape index (κ3) is 1.91. The van der Waals surface area contributed by atoms with Gasteiger partial charge in [-0.1, -0.05) is 20.3 Å². The van der Waals surface area contributed by atoms with Crippen LogP contribution in [-0.4, -0.2) is 29.6 Å². The normalized spacial score (nSPS) is 46.7. The quantitative estimate of drug-likeness (QED) is 0.777. The van der Waals surface area contributed by atoms with E-state index in [-0.39, 0.29) is 0 Å². The van der Waals surface area contributed by atoms with Gasteiger partial charge in [-0.2, -0.15) is 0 Å². The Morgan fingerprint density at radius 3 is 2.25 bits per heavy atom. The third-order valence-electron chi connectivity index (χ3n) is 5.31. The van der Waals surface area contributed by atoms with E-state index < -0.39 is 0 Å². The van der Waals surface area contributed by atoms with Gasteiger partial charge >= 0.3 is 0 Å². The molecule has 2 N–H and O–H groups in total. The van der Waals surface area contributed by atoms with Crippen LogP contribution in [0.25, 0.3) is 0 Å². The van der Waals surface area contributed by atoms with Crippen LogP contribution >= 0.6 is 0 Å². The first-order valence-corrected chi connectivity index (χ1v) is 7.07. The highest BCUT2D eigenvalue weighted by molar-refractivity contribution is 5.01. The maximum atomic E-state index is 6.16. The lowest BCUT2D eigenvalue weighted by Crippen LogP contribution is -2.55. The molecule has 3 unspecified atom stereocenters. The fourth-order valence-electron chi connectivity index (χ4n) is 3.96. The molecule has 92 valence electrons. The maximum absolute atomic E-state index is 6.16. The van der Waals surface area contributed by atoms with Crippen molar-refractivity contribution in [3.63, 3.8) is 0 Å². The number of hydrogen-bond donors (Lipinski definition) is 1. The first-order valence-electron chi connectivity index (χ1n) is 7.07. The van der Waals surface area contributed by atoms with Gasteiger partial charge in [0.1, 0.15) is 0 Å². The lowest BCUT2D eigenvalue weighted by molar-refractivity contribution is 0.0250. The Bertz CT molecular complexity index is 260. The number of rotatable bonds is 2. The van der Waals surface area contributed by atoms with Crippen molar-refractivity contribution in [2.24, 2.45) is 17.1 Å². The largest absolute Gasteiger partial charge is 0.328 e. The van der Waals surface area contributed by atoms with Crippen LogP contribution in [0.15, 0.2) is 0 Å². The van der Waals surface area contributed by atoms with Crippen molar-refractivity contribution in [1.29, 1.82) is 0 Å². The maximum Gasteiger partial charge on any atom is 0.0113 e. The van der Waals surface area contributed by atoms with Crippen LogP contribution in [0.1, 0.15) is 52.4 Å². The van der Waals surface area contributed by atoms with Crippen molar-refractivity contribution in [3.8, 4) is 0 Å². The minimum Gasteiger partial charge on any atom is -0.328 e. The Kier molecular flexibility index (Phi) is 2.56. The monoisotopic (exact) mass is 222 g/mol. The first-order chi connectivity index (χ1) is 7.56. The molecule has 2 bridgehead atoms. The molecular weight excluding hydrogens is 196 g/mol. The highest BCUT2D eigenvalue weighted by Crippen LogP contribution is 2.53. The fraction of sp³-hybridized carbons (Fsp3) is 1.00. The summed E-state index contributed by atoms with van der Waals surface area (Å²) in [5, 5.41) is 0. The molecule has 3 atom stereocenters. The summed E-state index contributed by atoms with van der Waals surface area (Å²) in [5.41, 5.74) is 6.79. The molecule has 0 aromatic rings. The van der Waals surface area contributed by atoms with Crippen molar-refractivity contribution in [1.82, 2.24) is 4.90 Å². The van der Waals surface area contributed by atoms with Gasteiger partial charge in [0.25, 0.3) is 0 Å². The summed E-state index contributed by atoms with van der Waals surface area (Å²) in [6.07, 6.45) is 8.18. The predicted octanol–water partition coefficient (Wildman–Crippen LogP) is 2.38. The molecule has 0 radical (unpaired) electrons. The molecule has 16 heavy (non-hydrogen) atoms. The molecule has 2 saturated heterocycles. The molecule has 1 saturated carbocycles. The molecule has 1 aliphatic carbocycles. The lowest BCUT2D eigenvalue weighted by Gasteiger charge is -2.48. The lowest BCUT2D eigenvalue weighted by atomic mass is 9.82. The van der Waals surface area contributed by atoms with Crippen molar-refractivity contribution in [3.05, 3.63) is 0 Å². The van der Waals surface area contributed by atoms with E-state index in [0.717, 1.165) is 18.0 Å². The summed E-state index contributed by atoms with van der Waals surface area (Å²) < 4.78 is 0. The van der Waals surface area contributed by atoms with Crippen LogP contribution in [0.5, 0.6) is 0 Å². The molecule has 0 aromatic carbocycles. The number of hydrogen-bond acceptors (Lipinski definition) is 2. The Labute approximate surface area is 99.6 Å². The van der Waals surface area contributed by atoms with Crippen molar-refractivity contribution >= 4 is 0 Å². The van der Waals surface area contributed by atoms with E-state index >= 15 is 0 Å². The molecular formula is C14H26N2. The molecule has 3 rings (SSSR count). The molecule has 2 nitrogen and oxygen atoms in total. The van der Waals surface area contributed by atoms with E-state index in [1.807, 2.05) is 0 Å². The Morgan fingerprint density at radius 1 is 1.19 bits per heavy atom. The van der Waals surface area contributed by atoms with E-state index in [2.05, 4.69) is 18.7 Å². The predicted molar refractivity (Wildman–Crippen MR) is 67.2 cm³/mol. The second-order valence-corrected chi connectivity index (χ2v) is 7.06. The van der Waals surface area contributed by atoms with E-state index in [4.69, 9.17) is 5.73 Å². The smallest absolute Gasteiger partial charge is 0.0113 e. The zero-order chi connectivity index (χ0) is 11.3. The van der Waals surface area contributed by atoms with Gasteiger partial charge in [0.2, 0.25) is 0 Å². The third-order valence-corrected chi connectivity index (χ3v) is 5.31. The van der Waals surface area contributed by atoms with Gasteiger partial charge in [-0.3, -0.25) is 4.90 Å². The van der Waals surface area contributed by atoms with E-state index in [9.17, 15) is 0 Å². The van der Waals surface area contributed by atoms with E-state index in [1.54, 1.807) is 0 Å². The number of piperidine rings is 2. The second-order valence-electron chi connectivity index (χ2n) is 7.06. The molecule has 3 fully saturated rings. The molecule has 3 aliphatic rings. The second kappa shape index (κ2) is 3.71. The van der Waals surface area contributed by atoms with Crippen molar-refractivity contribution < 1.29 is 0 Å². The van der Waals surface area contributed by atoms with E-state index in [1.165, 1.54) is 45.1 Å². The van der Waals surface area contributed by atoms with Crippen LogP contribution in [0.3, 0.4) is 0 Å². The topological polar surface area (TPSA) is 29.3 Å². The van der Waals surface area contributed by atoms with Crippen molar-refractivity contribution in [2.45, 2.75) is 70.5 Å². The highest BCUT2D eigenvalue weighted by Gasteiger charge is 2.48. The molecule has 0 amide bonds. The van der Waals surface area contributed by atoms with Crippen LogP contribution in [0.2, 0.25) is 0 Å². The van der Waals surface area contributed by atoms with E-state index in [0.29, 0.717) is 11.5 Å². The molecule has 0 aromatic heterocycles. The Morgan fingerprint density at radius 2 is 1.75 bits per heavy atom. The summed E-state index contributed by atoms with van der Waals surface area (Å²) in [7, 11) is 0. The minimum atomic E-state index is 0.485. The number of nitrogens with two attached hydrogens (primary N) is 1. The summed E-state index contributed by atoms with van der Waals surface area (Å²) in [6.45, 7) is 6.20. The zero-order valence-electron chi connectivity index (χ0n) is 10.8. The summed E-state index contributed by atoms with van der Waals surface area (Å²) in [6, 6.07) is 2.12. The SMILES string of the molecule is CC1(C)CC1CN1C2CCCC1CC(N)C2. The van der Waals surface area contributed by atoms with Crippen LogP contribution in [0.4, 0.5) is 0 Å². The number of nitrogens with zero attached hydrogens (tertiary/aromatic N) is 1. The van der Waals surface area contributed by atoms with Crippen LogP contribution < -0.4 is 5.73 Å². The van der Waals surface area contributed by atoms with Gasteiger partial charge in [-0.25, -0.2) is 0 Å². The average Bonchev–Trinajstić information content (AvgIpc) is 2.75. The fourth-order valence-corrected chi connectivity index (χ4v) is 3.96. The number of fused-ring (bicyclic) bond motifs is 2. The van der Waals surface area contributed by atoms with Crippen LogP contribution in [0, 0.1) is 11.3 Å². The highest BCUT2D eigenvalue weighted by atomic mass is 15.2. The molecule has 0 spiro atoms. The van der Waals surface area contributed by atoms with Gasteiger partial charge in [0, 0.05) is 24.7 Å². The van der Waals surface area contributed by atoms with Gasteiger partial charge in [-0.15, -0.1) is 0 Å². The summed E-state index contributed by atoms with van der Waals surface area (Å²) in [4.78, 5) is 2.83. The summed E-state index contributed by atoms with van der Waals surface area (Å²) >= 11 is 0. The summed E-state index contributed by atoms with van der Waals surface area (Å²) in [5.74, 6) is 0.963.